The van der Waals surface area contributed by atoms with E-state index in [2.05, 4.69) is 17.6 Å². The van der Waals surface area contributed by atoms with Gasteiger partial charge in [-0.2, -0.15) is 0 Å². The van der Waals surface area contributed by atoms with Gasteiger partial charge in [-0.15, -0.1) is 0 Å². The van der Waals surface area contributed by atoms with E-state index >= 15 is 0 Å². The fourth-order valence-electron chi connectivity index (χ4n) is 2.31. The summed E-state index contributed by atoms with van der Waals surface area (Å²) >= 11 is 0. The Hall–Kier alpha value is -1.26. The van der Waals surface area contributed by atoms with E-state index in [0.717, 1.165) is 12.8 Å². The highest BCUT2D eigenvalue weighted by Gasteiger charge is 2.20. The molecule has 0 radical (unpaired) electrons. The second kappa shape index (κ2) is 7.95. The molecular weight excluding hydrogens is 232 g/mol. The first kappa shape index (κ1) is 14.8. The first-order valence-electron chi connectivity index (χ1n) is 6.81. The van der Waals surface area contributed by atoms with Gasteiger partial charge in [0.15, 0.2) is 0 Å². The molecule has 1 saturated carbocycles. The fourth-order valence-corrected chi connectivity index (χ4v) is 2.31. The highest BCUT2D eigenvalue weighted by atomic mass is 16.5. The Labute approximate surface area is 109 Å². The maximum absolute atomic E-state index is 11.6. The number of hydrogen-bond acceptors (Lipinski definition) is 3. The summed E-state index contributed by atoms with van der Waals surface area (Å²) in [6.07, 6.45) is 4.75. The summed E-state index contributed by atoms with van der Waals surface area (Å²) in [5.41, 5.74) is 0. The van der Waals surface area contributed by atoms with Gasteiger partial charge in [0.2, 0.25) is 0 Å². The molecule has 1 fully saturated rings. The summed E-state index contributed by atoms with van der Waals surface area (Å²) in [6, 6.07) is 0.0924. The van der Waals surface area contributed by atoms with Crippen LogP contribution < -0.4 is 10.6 Å². The Kier molecular flexibility index (Phi) is 6.54. The Morgan fingerprint density at radius 1 is 1.33 bits per heavy atom. The molecule has 0 bridgehead atoms. The number of hydrogen-bond donors (Lipinski definition) is 2. The van der Waals surface area contributed by atoms with Crippen LogP contribution in [0.5, 0.6) is 0 Å². The van der Waals surface area contributed by atoms with Crippen LogP contribution in [0.2, 0.25) is 0 Å². The van der Waals surface area contributed by atoms with Gasteiger partial charge in [-0.3, -0.25) is 4.79 Å². The lowest BCUT2D eigenvalue weighted by atomic mass is 9.87. The second-order valence-electron chi connectivity index (χ2n) is 4.92. The van der Waals surface area contributed by atoms with Gasteiger partial charge < -0.3 is 15.4 Å². The highest BCUT2D eigenvalue weighted by Crippen LogP contribution is 2.23. The van der Waals surface area contributed by atoms with E-state index in [4.69, 9.17) is 4.74 Å². The predicted octanol–water partition coefficient (Wildman–Crippen LogP) is 1.82. The third-order valence-corrected chi connectivity index (χ3v) is 3.19. The van der Waals surface area contributed by atoms with E-state index in [1.54, 1.807) is 6.92 Å². The van der Waals surface area contributed by atoms with Gasteiger partial charge in [-0.1, -0.05) is 19.8 Å². The average molecular weight is 256 g/mol. The third kappa shape index (κ3) is 5.89. The molecule has 0 heterocycles. The second-order valence-corrected chi connectivity index (χ2v) is 4.92. The van der Waals surface area contributed by atoms with E-state index in [0.29, 0.717) is 19.1 Å². The van der Waals surface area contributed by atoms with Crippen LogP contribution in [0.3, 0.4) is 0 Å². The molecule has 0 aromatic carbocycles. The summed E-state index contributed by atoms with van der Waals surface area (Å²) in [5, 5.41) is 5.64. The van der Waals surface area contributed by atoms with Gasteiger partial charge >= 0.3 is 12.0 Å². The zero-order chi connectivity index (χ0) is 13.4. The van der Waals surface area contributed by atoms with Crippen LogP contribution in [0.15, 0.2) is 0 Å². The lowest BCUT2D eigenvalue weighted by Crippen LogP contribution is -2.44. The number of amides is 2. The quantitative estimate of drug-likeness (QED) is 0.737. The van der Waals surface area contributed by atoms with Crippen molar-refractivity contribution in [3.8, 4) is 0 Å². The Morgan fingerprint density at radius 3 is 2.78 bits per heavy atom. The van der Waals surface area contributed by atoms with Crippen LogP contribution in [0.4, 0.5) is 4.79 Å². The molecule has 0 saturated heterocycles. The normalized spacial score (nSPS) is 23.2. The van der Waals surface area contributed by atoms with Crippen molar-refractivity contribution < 1.29 is 14.3 Å². The van der Waals surface area contributed by atoms with Crippen molar-refractivity contribution in [2.24, 2.45) is 5.92 Å². The summed E-state index contributed by atoms with van der Waals surface area (Å²) in [4.78, 5) is 22.6. The van der Waals surface area contributed by atoms with Crippen LogP contribution in [0, 0.1) is 5.92 Å². The summed E-state index contributed by atoms with van der Waals surface area (Å²) in [5.74, 6) is 0.410. The van der Waals surface area contributed by atoms with Crippen LogP contribution in [0.25, 0.3) is 0 Å². The van der Waals surface area contributed by atoms with Crippen LogP contribution in [0.1, 0.15) is 46.0 Å². The van der Waals surface area contributed by atoms with E-state index < -0.39 is 0 Å². The molecule has 0 aromatic heterocycles. The van der Waals surface area contributed by atoms with Gasteiger partial charge in [0.05, 0.1) is 13.0 Å². The standard InChI is InChI=1S/C13H24N2O3/c1-3-18-12(16)7-8-14-13(17)15-11-6-4-5-10(2)9-11/h10-11H,3-9H2,1-2H3,(H2,14,15,17). The van der Waals surface area contributed by atoms with Crippen molar-refractivity contribution in [3.63, 3.8) is 0 Å². The number of carbonyl (C=O) groups excluding carboxylic acids is 2. The van der Waals surface area contributed by atoms with Crippen LogP contribution in [-0.2, 0) is 9.53 Å². The van der Waals surface area contributed by atoms with Gasteiger partial charge in [-0.05, 0) is 25.7 Å². The molecule has 2 atom stereocenters. The lowest BCUT2D eigenvalue weighted by molar-refractivity contribution is -0.142. The molecule has 2 N–H and O–H groups in total. The summed E-state index contributed by atoms with van der Waals surface area (Å²) in [6.45, 7) is 4.69. The van der Waals surface area contributed by atoms with E-state index in [9.17, 15) is 9.59 Å². The Bertz CT molecular complexity index is 281. The molecule has 0 spiro atoms. The van der Waals surface area contributed by atoms with Crippen molar-refractivity contribution in [2.45, 2.75) is 52.0 Å². The molecule has 1 aliphatic carbocycles. The number of esters is 1. The summed E-state index contributed by atoms with van der Waals surface area (Å²) in [7, 11) is 0. The molecule has 5 heteroatoms. The minimum absolute atomic E-state index is 0.182. The summed E-state index contributed by atoms with van der Waals surface area (Å²) < 4.78 is 4.78. The van der Waals surface area contributed by atoms with Crippen molar-refractivity contribution in [1.29, 1.82) is 0 Å². The number of nitrogens with one attached hydrogen (secondary N) is 2. The molecule has 2 unspecified atom stereocenters. The molecule has 2 amide bonds. The van der Waals surface area contributed by atoms with E-state index in [1.807, 2.05) is 0 Å². The molecular formula is C13H24N2O3. The monoisotopic (exact) mass is 256 g/mol. The third-order valence-electron chi connectivity index (χ3n) is 3.19. The number of ether oxygens (including phenoxy) is 1. The molecule has 5 nitrogen and oxygen atoms in total. The largest absolute Gasteiger partial charge is 0.466 e. The van der Waals surface area contributed by atoms with Crippen LogP contribution in [-0.4, -0.2) is 31.2 Å². The minimum atomic E-state index is -0.274. The van der Waals surface area contributed by atoms with E-state index in [1.165, 1.54) is 12.8 Å². The first-order valence-corrected chi connectivity index (χ1v) is 6.81. The van der Waals surface area contributed by atoms with Crippen LogP contribution >= 0.6 is 0 Å². The zero-order valence-electron chi connectivity index (χ0n) is 11.3. The molecule has 104 valence electrons. The average Bonchev–Trinajstić information content (AvgIpc) is 2.29. The maximum atomic E-state index is 11.6. The minimum Gasteiger partial charge on any atom is -0.466 e. The van der Waals surface area contributed by atoms with E-state index in [-0.39, 0.29) is 24.5 Å². The van der Waals surface area contributed by atoms with Crippen molar-refractivity contribution in [2.75, 3.05) is 13.2 Å². The zero-order valence-corrected chi connectivity index (χ0v) is 11.3. The maximum Gasteiger partial charge on any atom is 0.315 e. The first-order chi connectivity index (χ1) is 8.61. The molecule has 1 rings (SSSR count). The highest BCUT2D eigenvalue weighted by molar-refractivity contribution is 5.75. The van der Waals surface area contributed by atoms with Crippen molar-refractivity contribution >= 4 is 12.0 Å². The molecule has 1 aliphatic rings. The SMILES string of the molecule is CCOC(=O)CCNC(=O)NC1CCCC(C)C1. The molecule has 0 aliphatic heterocycles. The van der Waals surface area contributed by atoms with Gasteiger partial charge in [0, 0.05) is 12.6 Å². The fraction of sp³-hybridized carbons (Fsp3) is 0.846. The Morgan fingerprint density at radius 2 is 2.11 bits per heavy atom. The molecule has 18 heavy (non-hydrogen) atoms. The predicted molar refractivity (Wildman–Crippen MR) is 69.2 cm³/mol. The molecule has 0 aromatic rings. The van der Waals surface area contributed by atoms with Crippen molar-refractivity contribution in [1.82, 2.24) is 10.6 Å². The Balaban J connectivity index is 2.11. The topological polar surface area (TPSA) is 67.4 Å². The van der Waals surface area contributed by atoms with Gasteiger partial charge in [0.1, 0.15) is 0 Å². The van der Waals surface area contributed by atoms with Crippen molar-refractivity contribution in [3.05, 3.63) is 0 Å². The lowest BCUT2D eigenvalue weighted by Gasteiger charge is -2.27. The van der Waals surface area contributed by atoms with Gasteiger partial charge in [0.25, 0.3) is 0 Å². The number of urea groups is 1. The number of carbonyl (C=O) groups is 2. The number of rotatable bonds is 5. The van der Waals surface area contributed by atoms with Gasteiger partial charge in [-0.25, -0.2) is 4.79 Å². The smallest absolute Gasteiger partial charge is 0.315 e.